The molecule has 1 amide bonds. The molecule has 0 saturated heterocycles. The van der Waals surface area contributed by atoms with Crippen LogP contribution in [0.2, 0.25) is 0 Å². The van der Waals surface area contributed by atoms with Gasteiger partial charge in [-0.15, -0.1) is 0 Å². The molecule has 1 heterocycles. The van der Waals surface area contributed by atoms with Crippen LogP contribution < -0.4 is 10.1 Å². The Labute approximate surface area is 117 Å². The molecule has 0 radical (unpaired) electrons. The summed E-state index contributed by atoms with van der Waals surface area (Å²) < 4.78 is 11.8. The van der Waals surface area contributed by atoms with Gasteiger partial charge < -0.3 is 14.8 Å². The Kier molecular flexibility index (Phi) is 4.60. The first-order chi connectivity index (χ1) is 9.69. The predicted octanol–water partition coefficient (Wildman–Crippen LogP) is 1.86. The first kappa shape index (κ1) is 13.9. The third kappa shape index (κ3) is 3.74. The minimum Gasteiger partial charge on any atom is -0.481 e. The molecule has 0 spiro atoms. The van der Waals surface area contributed by atoms with Gasteiger partial charge in [0.05, 0.1) is 19.3 Å². The summed E-state index contributed by atoms with van der Waals surface area (Å²) in [6.45, 7) is 0.545. The van der Waals surface area contributed by atoms with Crippen LogP contribution in [0.4, 0.5) is 4.79 Å². The predicted molar refractivity (Wildman–Crippen MR) is 73.2 cm³/mol. The number of ether oxygens (including phenoxy) is 2. The molecular weight excluding hydrogens is 258 g/mol. The maximum absolute atomic E-state index is 11.6. The summed E-state index contributed by atoms with van der Waals surface area (Å²) in [5, 5.41) is 6.83. The van der Waals surface area contributed by atoms with Gasteiger partial charge in [-0.1, -0.05) is 30.3 Å². The Bertz CT molecular complexity index is 566. The molecule has 2 rings (SSSR count). The molecule has 2 aromatic rings. The van der Waals surface area contributed by atoms with E-state index in [-0.39, 0.29) is 6.61 Å². The maximum Gasteiger partial charge on any atom is 0.407 e. The van der Waals surface area contributed by atoms with E-state index >= 15 is 0 Å². The average Bonchev–Trinajstić information content (AvgIpc) is 2.84. The summed E-state index contributed by atoms with van der Waals surface area (Å²) in [5.41, 5.74) is 1.66. The number of nitrogens with zero attached hydrogens (tertiary/aromatic N) is 2. The van der Waals surface area contributed by atoms with Crippen molar-refractivity contribution in [2.24, 2.45) is 7.05 Å². The fraction of sp³-hybridized carbons (Fsp3) is 0.286. The Hall–Kier alpha value is -2.50. The summed E-state index contributed by atoms with van der Waals surface area (Å²) in [6, 6.07) is 11.3. The molecule has 0 fully saturated rings. The summed E-state index contributed by atoms with van der Waals surface area (Å²) >= 11 is 0. The highest BCUT2D eigenvalue weighted by atomic mass is 16.5. The topological polar surface area (TPSA) is 65.4 Å². The number of alkyl carbamates (subject to hydrolysis) is 1. The number of benzene rings is 1. The Balaban J connectivity index is 1.77. The molecule has 6 nitrogen and oxygen atoms in total. The van der Waals surface area contributed by atoms with Gasteiger partial charge in [0.2, 0.25) is 5.88 Å². The first-order valence-corrected chi connectivity index (χ1v) is 6.20. The average molecular weight is 275 g/mol. The monoisotopic (exact) mass is 275 g/mol. The molecule has 1 aromatic carbocycles. The number of amides is 1. The third-order valence-electron chi connectivity index (χ3n) is 2.72. The second-order valence-corrected chi connectivity index (χ2v) is 4.22. The number of nitrogens with one attached hydrogen (secondary N) is 1. The van der Waals surface area contributed by atoms with E-state index in [9.17, 15) is 4.79 Å². The molecule has 0 saturated carbocycles. The van der Waals surface area contributed by atoms with E-state index in [0.29, 0.717) is 18.1 Å². The summed E-state index contributed by atoms with van der Waals surface area (Å²) in [6.07, 6.45) is -0.474. The van der Waals surface area contributed by atoms with Gasteiger partial charge in [-0.05, 0) is 5.56 Å². The highest BCUT2D eigenvalue weighted by molar-refractivity contribution is 5.67. The van der Waals surface area contributed by atoms with Crippen LogP contribution in [0.5, 0.6) is 5.88 Å². The lowest BCUT2D eigenvalue weighted by molar-refractivity contribution is 0.139. The smallest absolute Gasteiger partial charge is 0.407 e. The van der Waals surface area contributed by atoms with Gasteiger partial charge in [0.1, 0.15) is 6.61 Å². The highest BCUT2D eigenvalue weighted by Crippen LogP contribution is 2.10. The number of hydrogen-bond acceptors (Lipinski definition) is 4. The zero-order valence-corrected chi connectivity index (χ0v) is 11.5. The molecule has 0 aliphatic rings. The van der Waals surface area contributed by atoms with Crippen molar-refractivity contribution in [2.45, 2.75) is 13.2 Å². The largest absolute Gasteiger partial charge is 0.481 e. The minimum atomic E-state index is -0.474. The fourth-order valence-corrected chi connectivity index (χ4v) is 1.72. The molecule has 0 aliphatic heterocycles. The zero-order chi connectivity index (χ0) is 14.4. The fourth-order valence-electron chi connectivity index (χ4n) is 1.72. The van der Waals surface area contributed by atoms with E-state index in [1.165, 1.54) is 0 Å². The van der Waals surface area contributed by atoms with E-state index in [1.54, 1.807) is 24.9 Å². The molecule has 0 atom stereocenters. The number of carbonyl (C=O) groups excluding carboxylic acids is 1. The molecule has 0 aliphatic carbocycles. The first-order valence-electron chi connectivity index (χ1n) is 6.20. The van der Waals surface area contributed by atoms with Crippen LogP contribution in [0.3, 0.4) is 0 Å². The highest BCUT2D eigenvalue weighted by Gasteiger charge is 2.07. The summed E-state index contributed by atoms with van der Waals surface area (Å²) in [5.74, 6) is 0.638. The Morgan fingerprint density at radius 3 is 2.75 bits per heavy atom. The van der Waals surface area contributed by atoms with Gasteiger partial charge in [0, 0.05) is 13.1 Å². The van der Waals surface area contributed by atoms with Crippen molar-refractivity contribution in [3.8, 4) is 5.88 Å². The Morgan fingerprint density at radius 2 is 2.10 bits per heavy atom. The number of rotatable bonds is 5. The second-order valence-electron chi connectivity index (χ2n) is 4.22. The zero-order valence-electron chi connectivity index (χ0n) is 11.5. The molecule has 1 N–H and O–H groups in total. The van der Waals surface area contributed by atoms with Crippen molar-refractivity contribution in [2.75, 3.05) is 7.11 Å². The molecule has 106 valence electrons. The van der Waals surface area contributed by atoms with Crippen LogP contribution >= 0.6 is 0 Å². The van der Waals surface area contributed by atoms with Crippen molar-refractivity contribution < 1.29 is 14.3 Å². The normalized spacial score (nSPS) is 10.1. The van der Waals surface area contributed by atoms with E-state index < -0.39 is 6.09 Å². The van der Waals surface area contributed by atoms with Crippen molar-refractivity contribution in [1.29, 1.82) is 0 Å². The Morgan fingerprint density at radius 1 is 1.35 bits per heavy atom. The van der Waals surface area contributed by atoms with Crippen LogP contribution in [-0.4, -0.2) is 23.0 Å². The number of carbonyl (C=O) groups is 1. The second kappa shape index (κ2) is 6.60. The van der Waals surface area contributed by atoms with Gasteiger partial charge in [0.15, 0.2) is 0 Å². The molecular formula is C14H17N3O3. The van der Waals surface area contributed by atoms with Gasteiger partial charge in [-0.3, -0.25) is 0 Å². The SMILES string of the molecule is COc1cc(CNC(=O)OCc2ccccc2)nn1C. The lowest BCUT2D eigenvalue weighted by Gasteiger charge is -2.05. The standard InChI is InChI=1S/C14H17N3O3/c1-17-13(19-2)8-12(16-17)9-15-14(18)20-10-11-6-4-3-5-7-11/h3-8H,9-10H2,1-2H3,(H,15,18). The van der Waals surface area contributed by atoms with Gasteiger partial charge >= 0.3 is 6.09 Å². The van der Waals surface area contributed by atoms with E-state index in [1.807, 2.05) is 30.3 Å². The van der Waals surface area contributed by atoms with Crippen LogP contribution in [0.1, 0.15) is 11.3 Å². The molecule has 1 aromatic heterocycles. The molecule has 20 heavy (non-hydrogen) atoms. The third-order valence-corrected chi connectivity index (χ3v) is 2.72. The van der Waals surface area contributed by atoms with Crippen molar-refractivity contribution in [3.05, 3.63) is 47.7 Å². The van der Waals surface area contributed by atoms with E-state index in [2.05, 4.69) is 10.4 Å². The lowest BCUT2D eigenvalue weighted by Crippen LogP contribution is -2.23. The number of aromatic nitrogens is 2. The van der Waals surface area contributed by atoms with E-state index in [0.717, 1.165) is 5.56 Å². The van der Waals surface area contributed by atoms with E-state index in [4.69, 9.17) is 9.47 Å². The van der Waals surface area contributed by atoms with Gasteiger partial charge in [-0.25, -0.2) is 9.48 Å². The molecule has 0 bridgehead atoms. The summed E-state index contributed by atoms with van der Waals surface area (Å²) in [4.78, 5) is 11.6. The summed E-state index contributed by atoms with van der Waals surface area (Å²) in [7, 11) is 3.35. The number of methoxy groups -OCH3 is 1. The molecule has 0 unspecified atom stereocenters. The van der Waals surface area contributed by atoms with Crippen molar-refractivity contribution >= 4 is 6.09 Å². The van der Waals surface area contributed by atoms with Crippen LogP contribution in [0.15, 0.2) is 36.4 Å². The maximum atomic E-state index is 11.6. The van der Waals surface area contributed by atoms with Crippen LogP contribution in [0, 0.1) is 0 Å². The molecule has 6 heteroatoms. The number of aryl methyl sites for hydroxylation is 1. The van der Waals surface area contributed by atoms with Gasteiger partial charge in [0.25, 0.3) is 0 Å². The van der Waals surface area contributed by atoms with Gasteiger partial charge in [-0.2, -0.15) is 5.10 Å². The minimum absolute atomic E-state index is 0.248. The van der Waals surface area contributed by atoms with Crippen molar-refractivity contribution in [1.82, 2.24) is 15.1 Å². The number of hydrogen-bond donors (Lipinski definition) is 1. The lowest BCUT2D eigenvalue weighted by atomic mass is 10.2. The van der Waals surface area contributed by atoms with Crippen LogP contribution in [0.25, 0.3) is 0 Å². The quantitative estimate of drug-likeness (QED) is 0.904. The van der Waals surface area contributed by atoms with Crippen molar-refractivity contribution in [3.63, 3.8) is 0 Å². The van der Waals surface area contributed by atoms with Crippen LogP contribution in [-0.2, 0) is 24.9 Å².